The van der Waals surface area contributed by atoms with Crippen LogP contribution in [0.15, 0.2) is 94.6 Å². The largest absolute Gasteiger partial charge is 0.497 e. The van der Waals surface area contributed by atoms with Crippen molar-refractivity contribution < 1.29 is 23.4 Å². The Bertz CT molecular complexity index is 1770. The van der Waals surface area contributed by atoms with E-state index in [-0.39, 0.29) is 11.6 Å². The number of ether oxygens (including phenoxy) is 4. The molecule has 1 aliphatic rings. The van der Waals surface area contributed by atoms with Crippen LogP contribution in [0, 0.1) is 12.8 Å². The molecule has 49 heavy (non-hydrogen) atoms. The van der Waals surface area contributed by atoms with Crippen molar-refractivity contribution in [1.29, 1.82) is 0 Å². The van der Waals surface area contributed by atoms with Gasteiger partial charge >= 0.3 is 5.69 Å². The fraction of sp³-hybridized carbons (Fsp3) is 0.436. The van der Waals surface area contributed by atoms with Crippen LogP contribution in [0.1, 0.15) is 62.6 Å². The monoisotopic (exact) mass is 686 g/mol. The summed E-state index contributed by atoms with van der Waals surface area (Å²) in [5.41, 5.74) is 1.07. The third kappa shape index (κ3) is 7.19. The molecule has 0 saturated carbocycles. The molecule has 0 spiro atoms. The topological polar surface area (TPSA) is 101 Å². The zero-order valence-corrected chi connectivity index (χ0v) is 31.1. The first-order valence-corrected chi connectivity index (χ1v) is 19.8. The van der Waals surface area contributed by atoms with Crippen LogP contribution in [0.25, 0.3) is 0 Å². The number of aromatic amines is 1. The second kappa shape index (κ2) is 14.5. The lowest BCUT2D eigenvalue weighted by Gasteiger charge is -2.43. The molecule has 3 atom stereocenters. The van der Waals surface area contributed by atoms with E-state index in [1.807, 2.05) is 66.7 Å². The molecule has 5 rings (SSSR count). The van der Waals surface area contributed by atoms with Crippen LogP contribution in [-0.2, 0) is 19.5 Å². The first kappa shape index (κ1) is 36.3. The van der Waals surface area contributed by atoms with Crippen LogP contribution in [0.4, 0.5) is 0 Å². The zero-order valence-electron chi connectivity index (χ0n) is 30.1. The Morgan fingerprint density at radius 2 is 1.41 bits per heavy atom. The number of nitrogens with zero attached hydrogens (tertiary/aromatic N) is 1. The average molecular weight is 687 g/mol. The number of aryl methyl sites for hydroxylation is 1. The number of methoxy groups -OCH3 is 2. The average Bonchev–Trinajstić information content (AvgIpc) is 3.50. The maximum Gasteiger partial charge on any atom is 0.330 e. The quantitative estimate of drug-likeness (QED) is 0.117. The summed E-state index contributed by atoms with van der Waals surface area (Å²) in [6.07, 6.45) is 0.156. The highest BCUT2D eigenvalue weighted by atomic mass is 28.4. The summed E-state index contributed by atoms with van der Waals surface area (Å²) >= 11 is 0. The molecule has 3 aromatic carbocycles. The summed E-state index contributed by atoms with van der Waals surface area (Å²) in [7, 11) is 1.02. The normalized spacial score (nSPS) is 18.5. The lowest BCUT2D eigenvalue weighted by atomic mass is 9.79. The van der Waals surface area contributed by atoms with Crippen LogP contribution in [-0.4, -0.2) is 50.9 Å². The van der Waals surface area contributed by atoms with Gasteiger partial charge in [-0.05, 0) is 71.9 Å². The van der Waals surface area contributed by atoms with E-state index in [2.05, 4.69) is 57.9 Å². The Hall–Kier alpha value is -3.96. The van der Waals surface area contributed by atoms with Crippen molar-refractivity contribution in [2.75, 3.05) is 20.8 Å². The predicted molar refractivity (Wildman–Crippen MR) is 194 cm³/mol. The van der Waals surface area contributed by atoms with Crippen molar-refractivity contribution >= 4 is 8.32 Å². The summed E-state index contributed by atoms with van der Waals surface area (Å²) in [5.74, 6) is 1.87. The number of nitrogens with one attached hydrogen (secondary N) is 1. The Morgan fingerprint density at radius 3 is 1.92 bits per heavy atom. The third-order valence-electron chi connectivity index (χ3n) is 10.7. The van der Waals surface area contributed by atoms with Gasteiger partial charge in [-0.3, -0.25) is 14.3 Å². The van der Waals surface area contributed by atoms with Crippen molar-refractivity contribution in [1.82, 2.24) is 9.55 Å². The fourth-order valence-corrected chi connectivity index (χ4v) is 8.72. The van der Waals surface area contributed by atoms with Crippen molar-refractivity contribution in [3.63, 3.8) is 0 Å². The number of rotatable bonds is 13. The maximum atomic E-state index is 13.1. The molecule has 4 aromatic rings. The van der Waals surface area contributed by atoms with E-state index in [0.29, 0.717) is 17.9 Å². The van der Waals surface area contributed by atoms with Crippen LogP contribution in [0.3, 0.4) is 0 Å². The van der Waals surface area contributed by atoms with E-state index in [1.165, 1.54) is 4.57 Å². The van der Waals surface area contributed by atoms with Crippen molar-refractivity contribution in [3.8, 4) is 11.5 Å². The summed E-state index contributed by atoms with van der Waals surface area (Å²) in [5, 5.41) is -0.0195. The molecule has 9 nitrogen and oxygen atoms in total. The van der Waals surface area contributed by atoms with E-state index in [0.717, 1.165) is 28.2 Å². The van der Waals surface area contributed by atoms with Gasteiger partial charge in [0.2, 0.25) is 0 Å². The van der Waals surface area contributed by atoms with Gasteiger partial charge in [-0.25, -0.2) is 4.79 Å². The number of H-pyrrole nitrogens is 1. The maximum absolute atomic E-state index is 13.1. The van der Waals surface area contributed by atoms with Crippen molar-refractivity contribution in [2.24, 2.45) is 5.92 Å². The molecule has 1 N–H and O–H groups in total. The van der Waals surface area contributed by atoms with Gasteiger partial charge in [0.25, 0.3) is 5.56 Å². The summed E-state index contributed by atoms with van der Waals surface area (Å²) < 4.78 is 33.6. The predicted octanol–water partition coefficient (Wildman–Crippen LogP) is 7.18. The minimum Gasteiger partial charge on any atom is -0.497 e. The van der Waals surface area contributed by atoms with Gasteiger partial charge in [-0.15, -0.1) is 0 Å². The van der Waals surface area contributed by atoms with Gasteiger partial charge in [0.15, 0.2) is 8.32 Å². The molecular formula is C39H50N2O7Si. The third-order valence-corrected chi connectivity index (χ3v) is 15.3. The Morgan fingerprint density at radius 1 is 0.878 bits per heavy atom. The van der Waals surface area contributed by atoms with Crippen LogP contribution < -0.4 is 20.7 Å². The molecule has 10 heteroatoms. The van der Waals surface area contributed by atoms with Gasteiger partial charge in [-0.1, -0.05) is 82.3 Å². The number of hydrogen-bond donors (Lipinski definition) is 1. The molecule has 2 heterocycles. The van der Waals surface area contributed by atoms with Crippen LogP contribution in [0.2, 0.25) is 18.1 Å². The van der Waals surface area contributed by atoms with Gasteiger partial charge in [0.1, 0.15) is 29.4 Å². The zero-order chi connectivity index (χ0) is 35.6. The standard InChI is InChI=1S/C39H50N2O7Si/c1-26(2)38(4,5)49(8,9)46-25-34-33(23-35(47-34)41-24-27(3)36(42)40-37(41)43)48-39(28-13-11-10-12-14-28,29-15-19-31(44-6)20-16-29)30-17-21-32(45-7)22-18-30/h10-22,24,26,33-35H,23,25H2,1-9H3,(H,40,42,43)/t33-,34+,35+/m0/s1. The minimum atomic E-state index is -2.27. The molecule has 262 valence electrons. The van der Waals surface area contributed by atoms with E-state index in [1.54, 1.807) is 27.3 Å². The van der Waals surface area contributed by atoms with Crippen molar-refractivity contribution in [3.05, 3.63) is 128 Å². The number of aromatic nitrogens is 2. The highest BCUT2D eigenvalue weighted by Gasteiger charge is 2.49. The van der Waals surface area contributed by atoms with Crippen LogP contribution >= 0.6 is 0 Å². The SMILES string of the molecule is COc1ccc(C(O[C@H]2C[C@H](n3cc(C)c(=O)[nH]c3=O)O[C@@H]2CO[Si](C)(C)C(C)(C)C(C)C)(c2ccccc2)c2ccc(OC)cc2)cc1. The second-order valence-corrected chi connectivity index (χ2v) is 18.8. The summed E-state index contributed by atoms with van der Waals surface area (Å²) in [4.78, 5) is 27.8. The van der Waals surface area contributed by atoms with E-state index >= 15 is 0 Å². The molecule has 1 aromatic heterocycles. The molecule has 1 saturated heterocycles. The molecule has 0 radical (unpaired) electrons. The second-order valence-electron chi connectivity index (χ2n) is 14.2. The lowest BCUT2D eigenvalue weighted by molar-refractivity contribution is -0.0979. The molecule has 1 fully saturated rings. The molecule has 0 bridgehead atoms. The first-order chi connectivity index (χ1) is 23.2. The van der Waals surface area contributed by atoms with E-state index in [9.17, 15) is 9.59 Å². The molecule has 0 aliphatic carbocycles. The summed E-state index contributed by atoms with van der Waals surface area (Å²) in [6, 6.07) is 25.9. The highest BCUT2D eigenvalue weighted by Crippen LogP contribution is 2.47. The fourth-order valence-electron chi connectivity index (χ4n) is 6.37. The number of benzene rings is 3. The molecule has 0 amide bonds. The van der Waals surface area contributed by atoms with Crippen LogP contribution in [0.5, 0.6) is 11.5 Å². The smallest absolute Gasteiger partial charge is 0.330 e. The lowest BCUT2D eigenvalue weighted by Crippen LogP contribution is -2.48. The number of hydrogen-bond acceptors (Lipinski definition) is 7. The summed E-state index contributed by atoms with van der Waals surface area (Å²) in [6.45, 7) is 15.4. The van der Waals surface area contributed by atoms with Gasteiger partial charge in [-0.2, -0.15) is 0 Å². The molecular weight excluding hydrogens is 637 g/mol. The Kier molecular flexibility index (Phi) is 10.7. The van der Waals surface area contributed by atoms with Gasteiger partial charge < -0.3 is 23.4 Å². The molecule has 0 unspecified atom stereocenters. The van der Waals surface area contributed by atoms with Gasteiger partial charge in [0.05, 0.1) is 26.9 Å². The Labute approximate surface area is 290 Å². The van der Waals surface area contributed by atoms with Gasteiger partial charge in [0, 0.05) is 18.2 Å². The minimum absolute atomic E-state index is 0.0195. The Balaban J connectivity index is 1.66. The van der Waals surface area contributed by atoms with Crippen molar-refractivity contribution in [2.45, 2.75) is 83.2 Å². The highest BCUT2D eigenvalue weighted by molar-refractivity contribution is 6.74. The van der Waals surface area contributed by atoms with E-state index in [4.69, 9.17) is 23.4 Å². The molecule has 1 aliphatic heterocycles. The first-order valence-electron chi connectivity index (χ1n) is 16.9. The van der Waals surface area contributed by atoms with E-state index < -0.39 is 43.6 Å².